The first kappa shape index (κ1) is 15.8. The third-order valence-electron chi connectivity index (χ3n) is 3.81. The van der Waals surface area contributed by atoms with Crippen molar-refractivity contribution in [3.63, 3.8) is 0 Å². The van der Waals surface area contributed by atoms with Gasteiger partial charge in [0.2, 0.25) is 5.16 Å². The molecule has 2 amide bonds. The number of amides is 2. The molecule has 1 aliphatic heterocycles. The number of hydrogen-bond acceptors (Lipinski definition) is 6. The van der Waals surface area contributed by atoms with E-state index in [1.807, 2.05) is 11.1 Å². The highest BCUT2D eigenvalue weighted by molar-refractivity contribution is 7.99. The second kappa shape index (κ2) is 7.44. The largest absolute Gasteiger partial charge is 0.348 e. The minimum Gasteiger partial charge on any atom is -0.348 e. The van der Waals surface area contributed by atoms with Crippen LogP contribution in [-0.2, 0) is 7.05 Å². The number of aromatic amines is 1. The maximum absolute atomic E-state index is 12.3. The van der Waals surface area contributed by atoms with Crippen molar-refractivity contribution >= 4 is 17.8 Å². The van der Waals surface area contributed by atoms with Crippen LogP contribution in [-0.4, -0.2) is 66.5 Å². The zero-order valence-electron chi connectivity index (χ0n) is 13.0. The first-order chi connectivity index (χ1) is 11.2. The highest BCUT2D eigenvalue weighted by Gasteiger charge is 2.25. The summed E-state index contributed by atoms with van der Waals surface area (Å²) >= 11 is 1.52. The van der Waals surface area contributed by atoms with E-state index in [0.717, 1.165) is 36.1 Å². The summed E-state index contributed by atoms with van der Waals surface area (Å²) in [5.74, 6) is 1.99. The topological polar surface area (TPSA) is 105 Å². The van der Waals surface area contributed by atoms with Gasteiger partial charge in [-0.15, -0.1) is 5.10 Å². The molecule has 2 aromatic heterocycles. The summed E-state index contributed by atoms with van der Waals surface area (Å²) in [6.45, 7) is 2.08. The summed E-state index contributed by atoms with van der Waals surface area (Å²) in [5.41, 5.74) is 0. The molecule has 1 aliphatic rings. The van der Waals surface area contributed by atoms with Crippen molar-refractivity contribution in [1.82, 2.24) is 40.4 Å². The minimum absolute atomic E-state index is 0.0158. The average molecular weight is 336 g/mol. The van der Waals surface area contributed by atoms with Gasteiger partial charge in [-0.25, -0.2) is 14.5 Å². The van der Waals surface area contributed by atoms with Crippen LogP contribution in [0.3, 0.4) is 0 Å². The molecule has 10 heteroatoms. The lowest BCUT2D eigenvalue weighted by Crippen LogP contribution is -2.45. The fraction of sp³-hybridized carbons (Fsp3) is 0.615. The van der Waals surface area contributed by atoms with E-state index >= 15 is 0 Å². The van der Waals surface area contributed by atoms with E-state index in [9.17, 15) is 4.79 Å². The second-order valence-electron chi connectivity index (χ2n) is 5.43. The van der Waals surface area contributed by atoms with E-state index in [2.05, 4.69) is 30.8 Å². The van der Waals surface area contributed by atoms with E-state index in [4.69, 9.17) is 0 Å². The van der Waals surface area contributed by atoms with E-state index in [0.29, 0.717) is 19.0 Å². The number of tetrazole rings is 1. The zero-order valence-corrected chi connectivity index (χ0v) is 13.8. The van der Waals surface area contributed by atoms with Crippen LogP contribution in [0.25, 0.3) is 0 Å². The van der Waals surface area contributed by atoms with Crippen molar-refractivity contribution < 1.29 is 4.79 Å². The Morgan fingerprint density at radius 2 is 2.48 bits per heavy atom. The molecular formula is C13H20N8OS. The maximum atomic E-state index is 12.3. The van der Waals surface area contributed by atoms with Crippen LogP contribution in [0.5, 0.6) is 0 Å². The van der Waals surface area contributed by atoms with Gasteiger partial charge in [-0.3, -0.25) is 0 Å². The Bertz CT molecular complexity index is 628. The van der Waals surface area contributed by atoms with Crippen molar-refractivity contribution in [1.29, 1.82) is 0 Å². The number of thioether (sulfide) groups is 1. The molecule has 1 unspecified atom stereocenters. The van der Waals surface area contributed by atoms with Crippen LogP contribution < -0.4 is 5.32 Å². The van der Waals surface area contributed by atoms with Crippen LogP contribution in [0, 0.1) is 0 Å². The van der Waals surface area contributed by atoms with Crippen LogP contribution in [0.4, 0.5) is 4.79 Å². The van der Waals surface area contributed by atoms with Gasteiger partial charge in [-0.1, -0.05) is 11.8 Å². The van der Waals surface area contributed by atoms with E-state index in [-0.39, 0.29) is 6.03 Å². The normalized spacial score (nSPS) is 18.1. The number of imidazole rings is 1. The molecule has 1 saturated heterocycles. The predicted molar refractivity (Wildman–Crippen MR) is 85.1 cm³/mol. The molecule has 0 radical (unpaired) electrons. The van der Waals surface area contributed by atoms with Crippen LogP contribution in [0.1, 0.15) is 24.6 Å². The first-order valence-electron chi connectivity index (χ1n) is 7.61. The summed E-state index contributed by atoms with van der Waals surface area (Å²) in [6.07, 6.45) is 5.64. The summed E-state index contributed by atoms with van der Waals surface area (Å²) < 4.78 is 1.62. The van der Waals surface area contributed by atoms with Gasteiger partial charge in [-0.2, -0.15) is 0 Å². The Morgan fingerprint density at radius 3 is 3.22 bits per heavy atom. The third kappa shape index (κ3) is 4.01. The highest BCUT2D eigenvalue weighted by Crippen LogP contribution is 2.24. The van der Waals surface area contributed by atoms with Crippen molar-refractivity contribution in [3.05, 3.63) is 18.2 Å². The average Bonchev–Trinajstić information content (AvgIpc) is 3.23. The number of hydrogen-bond donors (Lipinski definition) is 2. The molecule has 0 spiro atoms. The summed E-state index contributed by atoms with van der Waals surface area (Å²) in [6, 6.07) is -0.0158. The molecular weight excluding hydrogens is 316 g/mol. The van der Waals surface area contributed by atoms with Crippen molar-refractivity contribution in [2.24, 2.45) is 7.05 Å². The number of nitrogens with one attached hydrogen (secondary N) is 2. The smallest absolute Gasteiger partial charge is 0.317 e. The molecule has 0 bridgehead atoms. The molecule has 1 fully saturated rings. The number of carbonyl (C=O) groups is 1. The summed E-state index contributed by atoms with van der Waals surface area (Å²) in [7, 11) is 1.80. The number of nitrogens with zero attached hydrogens (tertiary/aromatic N) is 6. The van der Waals surface area contributed by atoms with E-state index in [1.54, 1.807) is 17.9 Å². The number of H-pyrrole nitrogens is 1. The van der Waals surface area contributed by atoms with Gasteiger partial charge in [0.25, 0.3) is 0 Å². The lowest BCUT2D eigenvalue weighted by Gasteiger charge is -2.31. The van der Waals surface area contributed by atoms with Crippen molar-refractivity contribution in [2.45, 2.75) is 23.9 Å². The molecule has 23 heavy (non-hydrogen) atoms. The maximum Gasteiger partial charge on any atom is 0.317 e. The number of carbonyl (C=O) groups excluding carboxylic acids is 1. The van der Waals surface area contributed by atoms with Gasteiger partial charge in [0, 0.05) is 50.7 Å². The van der Waals surface area contributed by atoms with Gasteiger partial charge in [-0.05, 0) is 23.3 Å². The van der Waals surface area contributed by atoms with Gasteiger partial charge >= 0.3 is 6.03 Å². The van der Waals surface area contributed by atoms with Crippen LogP contribution in [0.2, 0.25) is 0 Å². The standard InChI is InChI=1S/C13H20N8OS/c1-20-13(17-18-19-20)23-8-6-16-12(22)21-7-2-3-10(9-21)11-14-4-5-15-11/h4-5,10H,2-3,6-9H2,1H3,(H,14,15)(H,16,22). The Labute approximate surface area is 138 Å². The monoisotopic (exact) mass is 336 g/mol. The molecule has 3 rings (SSSR count). The number of likely N-dealkylation sites (tertiary alicyclic amines) is 1. The fourth-order valence-electron chi connectivity index (χ4n) is 2.64. The molecule has 0 aromatic carbocycles. The van der Waals surface area contributed by atoms with Crippen molar-refractivity contribution in [3.8, 4) is 0 Å². The van der Waals surface area contributed by atoms with Crippen molar-refractivity contribution in [2.75, 3.05) is 25.4 Å². The number of aryl methyl sites for hydroxylation is 1. The lowest BCUT2D eigenvalue weighted by molar-refractivity contribution is 0.179. The third-order valence-corrected chi connectivity index (χ3v) is 4.82. The zero-order chi connectivity index (χ0) is 16.1. The van der Waals surface area contributed by atoms with E-state index < -0.39 is 0 Å². The number of aromatic nitrogens is 6. The van der Waals surface area contributed by atoms with Crippen LogP contribution >= 0.6 is 11.8 Å². The summed E-state index contributed by atoms with van der Waals surface area (Å²) in [4.78, 5) is 21.6. The Morgan fingerprint density at radius 1 is 1.57 bits per heavy atom. The molecule has 2 aromatic rings. The molecule has 0 saturated carbocycles. The molecule has 124 valence electrons. The lowest BCUT2D eigenvalue weighted by atomic mass is 9.98. The Balaban J connectivity index is 1.42. The number of piperidine rings is 1. The van der Waals surface area contributed by atoms with Gasteiger partial charge < -0.3 is 15.2 Å². The highest BCUT2D eigenvalue weighted by atomic mass is 32.2. The first-order valence-corrected chi connectivity index (χ1v) is 8.60. The second-order valence-corrected chi connectivity index (χ2v) is 6.49. The minimum atomic E-state index is -0.0158. The predicted octanol–water partition coefficient (Wildman–Crippen LogP) is 0.614. The molecule has 3 heterocycles. The SMILES string of the molecule is Cn1nnnc1SCCNC(=O)N1CCCC(c2ncc[nH]2)C1. The number of urea groups is 1. The Hall–Kier alpha value is -2.10. The molecule has 9 nitrogen and oxygen atoms in total. The number of rotatable bonds is 5. The quantitative estimate of drug-likeness (QED) is 0.612. The van der Waals surface area contributed by atoms with Crippen LogP contribution in [0.15, 0.2) is 17.6 Å². The van der Waals surface area contributed by atoms with E-state index in [1.165, 1.54) is 11.8 Å². The van der Waals surface area contributed by atoms with Gasteiger partial charge in [0.15, 0.2) is 0 Å². The van der Waals surface area contributed by atoms with Gasteiger partial charge in [0.1, 0.15) is 5.82 Å². The Kier molecular flexibility index (Phi) is 5.11. The van der Waals surface area contributed by atoms with Gasteiger partial charge in [0.05, 0.1) is 0 Å². The molecule has 0 aliphatic carbocycles. The molecule has 2 N–H and O–H groups in total. The summed E-state index contributed by atoms with van der Waals surface area (Å²) in [5, 5.41) is 14.9. The molecule has 1 atom stereocenters. The fourth-order valence-corrected chi connectivity index (χ4v) is 3.35.